The average Bonchev–Trinajstić information content (AvgIpc) is 3.18. The Morgan fingerprint density at radius 2 is 1.74 bits per heavy atom. The number of thiocarbonyl (C=S) groups is 1. The molecule has 0 radical (unpaired) electrons. The van der Waals surface area contributed by atoms with Crippen LogP contribution in [0.15, 0.2) is 65.6 Å². The van der Waals surface area contributed by atoms with Crippen molar-refractivity contribution < 1.29 is 17.9 Å². The minimum absolute atomic E-state index is 0.148. The van der Waals surface area contributed by atoms with Crippen LogP contribution in [0.25, 0.3) is 10.4 Å². The molecule has 1 aromatic heterocycles. The maximum absolute atomic E-state index is 12.4. The van der Waals surface area contributed by atoms with Crippen LogP contribution in [-0.2, 0) is 14.8 Å². The zero-order valence-electron chi connectivity index (χ0n) is 16.8. The third-order valence-electron chi connectivity index (χ3n) is 4.20. The maximum atomic E-state index is 12.4. The summed E-state index contributed by atoms with van der Waals surface area (Å²) < 4.78 is 31.1. The average molecular weight is 476 g/mol. The molecule has 0 saturated carbocycles. The summed E-state index contributed by atoms with van der Waals surface area (Å²) in [6.45, 7) is 2.01. The Kier molecular flexibility index (Phi) is 7.39. The lowest BCUT2D eigenvalue weighted by molar-refractivity contribution is 0.0528. The van der Waals surface area contributed by atoms with E-state index in [1.165, 1.54) is 30.5 Å². The van der Waals surface area contributed by atoms with Gasteiger partial charge >= 0.3 is 5.97 Å². The van der Waals surface area contributed by atoms with E-state index in [2.05, 4.69) is 15.4 Å². The molecule has 2 aromatic carbocycles. The van der Waals surface area contributed by atoms with E-state index in [9.17, 15) is 13.2 Å². The highest BCUT2D eigenvalue weighted by atomic mass is 32.2. The van der Waals surface area contributed by atoms with Crippen LogP contribution in [0, 0.1) is 0 Å². The molecular weight excluding hydrogens is 454 g/mol. The molecule has 3 aromatic rings. The van der Waals surface area contributed by atoms with Crippen LogP contribution in [0.2, 0.25) is 0 Å². The first-order chi connectivity index (χ1) is 14.8. The Labute approximate surface area is 190 Å². The zero-order chi connectivity index (χ0) is 22.4. The third kappa shape index (κ3) is 5.67. The molecule has 0 saturated heterocycles. The Bertz CT molecular complexity index is 1170. The zero-order valence-corrected chi connectivity index (χ0v) is 19.3. The molecule has 7 nitrogen and oxygen atoms in total. The Hall–Kier alpha value is -2.79. The van der Waals surface area contributed by atoms with E-state index in [0.29, 0.717) is 16.3 Å². The number of anilines is 2. The number of nitrogens with one attached hydrogen (secondary N) is 3. The van der Waals surface area contributed by atoms with E-state index in [1.54, 1.807) is 25.1 Å². The summed E-state index contributed by atoms with van der Waals surface area (Å²) in [6.07, 6.45) is 0. The van der Waals surface area contributed by atoms with Gasteiger partial charge in [-0.2, -0.15) is 0 Å². The molecule has 0 spiro atoms. The van der Waals surface area contributed by atoms with Crippen LogP contribution in [-0.4, -0.2) is 33.2 Å². The summed E-state index contributed by atoms with van der Waals surface area (Å²) in [6, 6.07) is 17.6. The minimum Gasteiger partial charge on any atom is -0.462 e. The second kappa shape index (κ2) is 10.0. The van der Waals surface area contributed by atoms with E-state index in [4.69, 9.17) is 17.0 Å². The van der Waals surface area contributed by atoms with Crippen molar-refractivity contribution in [3.63, 3.8) is 0 Å². The fourth-order valence-corrected chi connectivity index (χ4v) is 4.76. The van der Waals surface area contributed by atoms with E-state index >= 15 is 0 Å². The predicted octanol–water partition coefficient (Wildman–Crippen LogP) is 4.31. The van der Waals surface area contributed by atoms with Crippen LogP contribution < -0.4 is 15.4 Å². The van der Waals surface area contributed by atoms with Gasteiger partial charge in [0.05, 0.1) is 17.1 Å². The summed E-state index contributed by atoms with van der Waals surface area (Å²) in [5, 5.41) is 6.87. The Morgan fingerprint density at radius 3 is 2.35 bits per heavy atom. The predicted molar refractivity (Wildman–Crippen MR) is 128 cm³/mol. The molecule has 3 N–H and O–H groups in total. The Morgan fingerprint density at radius 1 is 1.06 bits per heavy atom. The largest absolute Gasteiger partial charge is 0.462 e. The first-order valence-electron chi connectivity index (χ1n) is 9.32. The second-order valence-corrected chi connectivity index (χ2v) is 9.60. The van der Waals surface area contributed by atoms with E-state index < -0.39 is 16.0 Å². The van der Waals surface area contributed by atoms with Crippen molar-refractivity contribution in [3.05, 3.63) is 66.2 Å². The fourth-order valence-electron chi connectivity index (χ4n) is 2.69. The van der Waals surface area contributed by atoms with Gasteiger partial charge in [-0.15, -0.1) is 11.3 Å². The van der Waals surface area contributed by atoms with Crippen LogP contribution in [0.1, 0.15) is 17.3 Å². The number of carbonyl (C=O) groups is 1. The summed E-state index contributed by atoms with van der Waals surface area (Å²) in [7, 11) is -2.16. The summed E-state index contributed by atoms with van der Waals surface area (Å²) in [5.74, 6) is -0.437. The van der Waals surface area contributed by atoms with E-state index in [1.807, 2.05) is 30.3 Å². The van der Waals surface area contributed by atoms with Gasteiger partial charge in [-0.3, -0.25) is 0 Å². The number of ether oxygens (including phenoxy) is 1. The molecule has 3 rings (SSSR count). The van der Waals surface area contributed by atoms with Crippen molar-refractivity contribution in [2.75, 3.05) is 24.3 Å². The van der Waals surface area contributed by atoms with Gasteiger partial charge in [0.15, 0.2) is 5.11 Å². The topological polar surface area (TPSA) is 96.5 Å². The molecule has 0 amide bonds. The van der Waals surface area contributed by atoms with Crippen molar-refractivity contribution >= 4 is 55.3 Å². The molecule has 0 fully saturated rings. The van der Waals surface area contributed by atoms with E-state index in [-0.39, 0.29) is 16.6 Å². The summed E-state index contributed by atoms with van der Waals surface area (Å²) >= 11 is 6.77. The first-order valence-corrected chi connectivity index (χ1v) is 12.0. The number of thiophene rings is 1. The summed E-state index contributed by atoms with van der Waals surface area (Å²) in [4.78, 5) is 13.5. The molecule has 0 aliphatic rings. The normalized spacial score (nSPS) is 11.0. The number of hydrogen-bond donors (Lipinski definition) is 3. The molecular formula is C21H21N3O4S3. The lowest BCUT2D eigenvalue weighted by Gasteiger charge is -2.11. The molecule has 162 valence electrons. The van der Waals surface area contributed by atoms with Crippen LogP contribution >= 0.6 is 23.6 Å². The van der Waals surface area contributed by atoms with Crippen molar-refractivity contribution in [2.45, 2.75) is 11.8 Å². The van der Waals surface area contributed by atoms with Crippen LogP contribution in [0.5, 0.6) is 0 Å². The highest BCUT2D eigenvalue weighted by Gasteiger charge is 2.19. The molecule has 31 heavy (non-hydrogen) atoms. The quantitative estimate of drug-likeness (QED) is 0.346. The van der Waals surface area contributed by atoms with Gasteiger partial charge in [0.2, 0.25) is 10.0 Å². The van der Waals surface area contributed by atoms with E-state index in [0.717, 1.165) is 10.4 Å². The minimum atomic E-state index is -3.51. The molecule has 0 bridgehead atoms. The number of esters is 1. The van der Waals surface area contributed by atoms with Gasteiger partial charge in [0.25, 0.3) is 0 Å². The van der Waals surface area contributed by atoms with Gasteiger partial charge in [-0.25, -0.2) is 17.9 Å². The van der Waals surface area contributed by atoms with Crippen molar-refractivity contribution in [2.24, 2.45) is 0 Å². The first kappa shape index (κ1) is 22.9. The number of benzene rings is 2. The third-order valence-corrected chi connectivity index (χ3v) is 6.94. The standard InChI is InChI=1S/C21H21N3O4S3/c1-3-28-20(25)17-13-18(14-7-5-4-6-8-14)30-19(17)24-21(29)23-15-9-11-16(12-10-15)31(26,27)22-2/h4-13,22H,3H2,1-2H3,(H2,23,24,29). The van der Waals surface area contributed by atoms with Crippen molar-refractivity contribution in [1.29, 1.82) is 0 Å². The molecule has 1 heterocycles. The fraction of sp³-hybridized carbons (Fsp3) is 0.143. The SMILES string of the molecule is CCOC(=O)c1cc(-c2ccccc2)sc1NC(=S)Nc1ccc(S(=O)(=O)NC)cc1. The highest BCUT2D eigenvalue weighted by molar-refractivity contribution is 7.89. The molecule has 0 aliphatic heterocycles. The van der Waals surface area contributed by atoms with Gasteiger partial charge in [-0.1, -0.05) is 30.3 Å². The van der Waals surface area contributed by atoms with Crippen LogP contribution in [0.3, 0.4) is 0 Å². The van der Waals surface area contributed by atoms with Gasteiger partial charge in [-0.05, 0) is 62.1 Å². The van der Waals surface area contributed by atoms with Crippen molar-refractivity contribution in [1.82, 2.24) is 4.72 Å². The summed E-state index contributed by atoms with van der Waals surface area (Å²) in [5.41, 5.74) is 1.97. The maximum Gasteiger partial charge on any atom is 0.341 e. The monoisotopic (exact) mass is 475 g/mol. The number of sulfonamides is 1. The number of rotatable bonds is 7. The van der Waals surface area contributed by atoms with Crippen molar-refractivity contribution in [3.8, 4) is 10.4 Å². The highest BCUT2D eigenvalue weighted by Crippen LogP contribution is 2.36. The smallest absolute Gasteiger partial charge is 0.341 e. The van der Waals surface area contributed by atoms with Crippen LogP contribution in [0.4, 0.5) is 10.7 Å². The lowest BCUT2D eigenvalue weighted by Crippen LogP contribution is -2.20. The number of carbonyl (C=O) groups excluding carboxylic acids is 1. The molecule has 0 unspecified atom stereocenters. The lowest BCUT2D eigenvalue weighted by atomic mass is 10.1. The van der Waals surface area contributed by atoms with Gasteiger partial charge in [0, 0.05) is 10.6 Å². The molecule has 10 heteroatoms. The molecule has 0 atom stereocenters. The van der Waals surface area contributed by atoms with Gasteiger partial charge < -0.3 is 15.4 Å². The van der Waals surface area contributed by atoms with Gasteiger partial charge in [0.1, 0.15) is 5.00 Å². The Balaban J connectivity index is 1.80. The molecule has 0 aliphatic carbocycles. The number of hydrogen-bond acceptors (Lipinski definition) is 6. The second-order valence-electron chi connectivity index (χ2n) is 6.25.